The molecule has 0 fully saturated rings. The maximum Gasteiger partial charge on any atom is 0.323 e. The van der Waals surface area contributed by atoms with Gasteiger partial charge in [0, 0.05) is 12.7 Å². The van der Waals surface area contributed by atoms with Crippen LogP contribution in [0.1, 0.15) is 11.4 Å². The monoisotopic (exact) mass is 264 g/mol. The second kappa shape index (κ2) is 7.10. The molecule has 0 saturated heterocycles. The summed E-state index contributed by atoms with van der Waals surface area (Å²) in [7, 11) is 0. The Balaban J connectivity index is 2.54. The van der Waals surface area contributed by atoms with Crippen LogP contribution < -0.4 is 5.32 Å². The zero-order chi connectivity index (χ0) is 14.3. The van der Waals surface area contributed by atoms with Gasteiger partial charge in [0.1, 0.15) is 6.54 Å². The van der Waals surface area contributed by atoms with Gasteiger partial charge < -0.3 is 15.3 Å². The number of rotatable bonds is 6. The quantitative estimate of drug-likeness (QED) is 0.732. The number of hydrogen-bond donors (Lipinski definition) is 2. The van der Waals surface area contributed by atoms with Crippen molar-refractivity contribution in [3.8, 4) is 0 Å². The van der Waals surface area contributed by atoms with E-state index in [9.17, 15) is 9.59 Å². The fourth-order valence-electron chi connectivity index (χ4n) is 1.33. The lowest BCUT2D eigenvalue weighted by molar-refractivity contribution is -0.137. The molecule has 0 aromatic carbocycles. The van der Waals surface area contributed by atoms with Gasteiger partial charge in [-0.25, -0.2) is 4.79 Å². The Labute approximate surface area is 111 Å². The Morgan fingerprint density at radius 1 is 1.47 bits per heavy atom. The maximum atomic E-state index is 11.8. The number of aromatic nitrogens is 2. The molecule has 0 saturated carbocycles. The minimum absolute atomic E-state index is 0.164. The van der Waals surface area contributed by atoms with Crippen molar-refractivity contribution >= 4 is 12.0 Å². The number of amides is 2. The second-order valence-corrected chi connectivity index (χ2v) is 3.87. The molecule has 0 aliphatic rings. The number of aliphatic carboxylic acids is 1. The molecule has 0 radical (unpaired) electrons. The molecule has 0 unspecified atom stereocenters. The summed E-state index contributed by atoms with van der Waals surface area (Å²) in [6.07, 6.45) is 4.62. The lowest BCUT2D eigenvalue weighted by Crippen LogP contribution is -2.42. The molecule has 0 bridgehead atoms. The van der Waals surface area contributed by atoms with E-state index in [0.29, 0.717) is 5.69 Å². The zero-order valence-electron chi connectivity index (χ0n) is 10.7. The molecule has 1 aromatic heterocycles. The third-order valence-electron chi connectivity index (χ3n) is 2.22. The van der Waals surface area contributed by atoms with E-state index in [1.807, 2.05) is 6.92 Å². The lowest BCUT2D eigenvalue weighted by Gasteiger charge is -2.19. The van der Waals surface area contributed by atoms with Gasteiger partial charge in [0.05, 0.1) is 24.1 Å². The van der Waals surface area contributed by atoms with Gasteiger partial charge >= 0.3 is 12.0 Å². The smallest absolute Gasteiger partial charge is 0.323 e. The highest BCUT2D eigenvalue weighted by atomic mass is 16.4. The molecule has 1 rings (SSSR count). The van der Waals surface area contributed by atoms with E-state index in [4.69, 9.17) is 5.11 Å². The van der Waals surface area contributed by atoms with Crippen molar-refractivity contribution in [2.75, 3.05) is 13.1 Å². The Morgan fingerprint density at radius 3 is 2.74 bits per heavy atom. The molecular formula is C12H16N4O3. The Kier molecular flexibility index (Phi) is 5.46. The number of carbonyl (C=O) groups is 2. The lowest BCUT2D eigenvalue weighted by atomic mass is 10.4. The predicted molar refractivity (Wildman–Crippen MR) is 68.4 cm³/mol. The van der Waals surface area contributed by atoms with Gasteiger partial charge in [-0.2, -0.15) is 0 Å². The van der Waals surface area contributed by atoms with Gasteiger partial charge in [-0.3, -0.25) is 14.8 Å². The van der Waals surface area contributed by atoms with Gasteiger partial charge in [-0.1, -0.05) is 6.08 Å². The minimum atomic E-state index is -1.08. The second-order valence-electron chi connectivity index (χ2n) is 3.87. The van der Waals surface area contributed by atoms with E-state index in [1.165, 1.54) is 6.08 Å². The first-order valence-corrected chi connectivity index (χ1v) is 5.66. The normalized spacial score (nSPS) is 9.74. The van der Waals surface area contributed by atoms with E-state index < -0.39 is 12.0 Å². The standard InChI is InChI=1S/C12H16N4O3/c1-3-4-16(8-11(17)18)12(19)15-7-10-6-13-9(2)5-14-10/h3,5-6H,1,4,7-8H2,2H3,(H,15,19)(H,17,18). The van der Waals surface area contributed by atoms with Crippen LogP contribution in [0.3, 0.4) is 0 Å². The van der Waals surface area contributed by atoms with Crippen LogP contribution in [0.5, 0.6) is 0 Å². The first-order chi connectivity index (χ1) is 9.02. The molecule has 0 atom stereocenters. The highest BCUT2D eigenvalue weighted by Gasteiger charge is 2.14. The van der Waals surface area contributed by atoms with Crippen molar-refractivity contribution in [2.24, 2.45) is 0 Å². The number of urea groups is 1. The van der Waals surface area contributed by atoms with Crippen molar-refractivity contribution in [1.82, 2.24) is 20.2 Å². The van der Waals surface area contributed by atoms with Crippen molar-refractivity contribution in [1.29, 1.82) is 0 Å². The molecule has 0 aliphatic heterocycles. The van der Waals surface area contributed by atoms with E-state index in [2.05, 4.69) is 21.9 Å². The van der Waals surface area contributed by atoms with Crippen LogP contribution in [0.2, 0.25) is 0 Å². The van der Waals surface area contributed by atoms with Crippen LogP contribution in [-0.4, -0.2) is 45.1 Å². The third-order valence-corrected chi connectivity index (χ3v) is 2.22. The highest BCUT2D eigenvalue weighted by molar-refractivity contribution is 5.80. The van der Waals surface area contributed by atoms with Crippen LogP contribution >= 0.6 is 0 Å². The van der Waals surface area contributed by atoms with Crippen LogP contribution in [-0.2, 0) is 11.3 Å². The number of carboxylic acid groups (broad SMARTS) is 1. The molecule has 7 nitrogen and oxygen atoms in total. The summed E-state index contributed by atoms with van der Waals surface area (Å²) in [6, 6.07) is -0.482. The summed E-state index contributed by atoms with van der Waals surface area (Å²) in [5.41, 5.74) is 1.39. The van der Waals surface area contributed by atoms with E-state index >= 15 is 0 Å². The molecule has 1 aromatic rings. The largest absolute Gasteiger partial charge is 0.480 e. The molecule has 0 aliphatic carbocycles. The topological polar surface area (TPSA) is 95.4 Å². The molecule has 0 spiro atoms. The summed E-state index contributed by atoms with van der Waals surface area (Å²) in [5.74, 6) is -1.08. The van der Waals surface area contributed by atoms with Crippen molar-refractivity contribution in [3.05, 3.63) is 36.4 Å². The maximum absolute atomic E-state index is 11.8. The summed E-state index contributed by atoms with van der Waals surface area (Å²) in [6.45, 7) is 5.28. The Morgan fingerprint density at radius 2 is 2.21 bits per heavy atom. The number of aryl methyl sites for hydroxylation is 1. The van der Waals surface area contributed by atoms with Gasteiger partial charge in [0.15, 0.2) is 0 Å². The third kappa shape index (κ3) is 5.15. The number of carboxylic acids is 1. The molecule has 2 N–H and O–H groups in total. The number of nitrogens with one attached hydrogen (secondary N) is 1. The van der Waals surface area contributed by atoms with Crippen LogP contribution in [0.25, 0.3) is 0 Å². The van der Waals surface area contributed by atoms with E-state index in [0.717, 1.165) is 10.6 Å². The first-order valence-electron chi connectivity index (χ1n) is 5.66. The van der Waals surface area contributed by atoms with Crippen molar-refractivity contribution < 1.29 is 14.7 Å². The van der Waals surface area contributed by atoms with Crippen molar-refractivity contribution in [3.63, 3.8) is 0 Å². The van der Waals surface area contributed by atoms with E-state index in [-0.39, 0.29) is 19.6 Å². The van der Waals surface area contributed by atoms with E-state index in [1.54, 1.807) is 12.4 Å². The average Bonchev–Trinajstić information content (AvgIpc) is 2.37. The number of carbonyl (C=O) groups excluding carboxylic acids is 1. The predicted octanol–water partition coefficient (Wildman–Crippen LogP) is 0.567. The Hall–Kier alpha value is -2.44. The molecule has 19 heavy (non-hydrogen) atoms. The van der Waals surface area contributed by atoms with Crippen LogP contribution in [0.15, 0.2) is 25.0 Å². The summed E-state index contributed by atoms with van der Waals surface area (Å²) in [4.78, 5) is 31.7. The van der Waals surface area contributed by atoms with Crippen molar-refractivity contribution in [2.45, 2.75) is 13.5 Å². The average molecular weight is 264 g/mol. The number of hydrogen-bond acceptors (Lipinski definition) is 4. The van der Waals surface area contributed by atoms with Crippen LogP contribution in [0.4, 0.5) is 4.79 Å². The fraction of sp³-hybridized carbons (Fsp3) is 0.333. The Bertz CT molecular complexity index is 459. The molecular weight excluding hydrogens is 248 g/mol. The van der Waals surface area contributed by atoms with Crippen LogP contribution in [0, 0.1) is 6.92 Å². The fourth-order valence-corrected chi connectivity index (χ4v) is 1.33. The molecule has 2 amide bonds. The van der Waals surface area contributed by atoms with Gasteiger partial charge in [0.25, 0.3) is 0 Å². The molecule has 1 heterocycles. The summed E-state index contributed by atoms with van der Waals surface area (Å²) < 4.78 is 0. The SMILES string of the molecule is C=CCN(CC(=O)O)C(=O)NCc1cnc(C)cn1. The van der Waals surface area contributed by atoms with Gasteiger partial charge in [0.2, 0.25) is 0 Å². The summed E-state index contributed by atoms with van der Waals surface area (Å²) in [5, 5.41) is 11.3. The first kappa shape index (κ1) is 14.6. The highest BCUT2D eigenvalue weighted by Crippen LogP contribution is 1.96. The number of nitrogens with zero attached hydrogens (tertiary/aromatic N) is 3. The zero-order valence-corrected chi connectivity index (χ0v) is 10.7. The van der Waals surface area contributed by atoms with Gasteiger partial charge in [-0.05, 0) is 6.92 Å². The summed E-state index contributed by atoms with van der Waals surface area (Å²) >= 11 is 0. The van der Waals surface area contributed by atoms with Gasteiger partial charge in [-0.15, -0.1) is 6.58 Å². The molecule has 7 heteroatoms. The minimum Gasteiger partial charge on any atom is -0.480 e. The molecule has 102 valence electrons.